The van der Waals surface area contributed by atoms with Crippen LogP contribution >= 0.6 is 11.6 Å². The van der Waals surface area contributed by atoms with Gasteiger partial charge in [-0.05, 0) is 23.8 Å². The van der Waals surface area contributed by atoms with E-state index in [9.17, 15) is 18.5 Å². The molecule has 0 aliphatic heterocycles. The van der Waals surface area contributed by atoms with Crippen LogP contribution in [0.25, 0.3) is 0 Å². The highest BCUT2D eigenvalue weighted by atomic mass is 35.5. The summed E-state index contributed by atoms with van der Waals surface area (Å²) in [5, 5.41) is 11.6. The number of nitro benzene ring substituents is 1. The Labute approximate surface area is 144 Å². The summed E-state index contributed by atoms with van der Waals surface area (Å²) in [5.74, 6) is 0. The molecule has 2 aromatic rings. The third kappa shape index (κ3) is 4.09. The van der Waals surface area contributed by atoms with Gasteiger partial charge in [-0.2, -0.15) is 4.31 Å². The van der Waals surface area contributed by atoms with E-state index < -0.39 is 20.6 Å². The molecule has 0 saturated carbocycles. The van der Waals surface area contributed by atoms with Crippen molar-refractivity contribution in [1.82, 2.24) is 4.31 Å². The molecule has 7 nitrogen and oxygen atoms in total. The number of hydrogen-bond acceptors (Lipinski definition) is 5. The van der Waals surface area contributed by atoms with Crippen LogP contribution < -0.4 is 5.73 Å². The first-order valence-corrected chi connectivity index (χ1v) is 8.86. The minimum absolute atomic E-state index is 0.0200. The summed E-state index contributed by atoms with van der Waals surface area (Å²) in [5.41, 5.74) is 5.72. The fraction of sp³-hybridized carbons (Fsp3) is 0.200. The van der Waals surface area contributed by atoms with Gasteiger partial charge in [0.05, 0.1) is 4.92 Å². The Kier molecular flexibility index (Phi) is 5.89. The fourth-order valence-electron chi connectivity index (χ4n) is 2.23. The number of nitrogens with zero attached hydrogens (tertiary/aromatic N) is 2. The summed E-state index contributed by atoms with van der Waals surface area (Å²) in [4.78, 5) is 10.1. The minimum atomic E-state index is -4.08. The Hall–Kier alpha value is -2.00. The quantitative estimate of drug-likeness (QED) is 0.595. The van der Waals surface area contributed by atoms with Crippen molar-refractivity contribution in [3.8, 4) is 0 Å². The van der Waals surface area contributed by atoms with E-state index in [1.165, 1.54) is 18.2 Å². The number of halogens is 1. The van der Waals surface area contributed by atoms with Crippen LogP contribution in [0.15, 0.2) is 53.4 Å². The molecule has 24 heavy (non-hydrogen) atoms. The minimum Gasteiger partial charge on any atom is -0.329 e. The van der Waals surface area contributed by atoms with Crippen LogP contribution in [0.2, 0.25) is 5.02 Å². The van der Waals surface area contributed by atoms with E-state index in [2.05, 4.69) is 0 Å². The topological polar surface area (TPSA) is 107 Å². The van der Waals surface area contributed by atoms with E-state index >= 15 is 0 Å². The lowest BCUT2D eigenvalue weighted by atomic mass is 10.2. The van der Waals surface area contributed by atoms with Crippen LogP contribution in [0, 0.1) is 10.1 Å². The lowest BCUT2D eigenvalue weighted by molar-refractivity contribution is -0.387. The molecule has 0 amide bonds. The summed E-state index contributed by atoms with van der Waals surface area (Å²) in [6.07, 6.45) is 0. The van der Waals surface area contributed by atoms with Crippen LogP contribution in [-0.4, -0.2) is 30.7 Å². The highest BCUT2D eigenvalue weighted by Crippen LogP contribution is 2.27. The standard InChI is InChI=1S/C15H16ClN3O4S/c16-13-5-3-4-12(10-13)11-18(9-8-17)24(22,23)15-7-2-1-6-14(15)19(20)21/h1-7,10H,8-9,11,17H2. The molecular formula is C15H16ClN3O4S. The predicted octanol–water partition coefficient (Wildman–Crippen LogP) is 2.40. The Balaban J connectivity index is 2.44. The summed E-state index contributed by atoms with van der Waals surface area (Å²) in [6.45, 7) is 0.132. The second-order valence-corrected chi connectivity index (χ2v) is 7.32. The van der Waals surface area contributed by atoms with Crippen LogP contribution in [0.3, 0.4) is 0 Å². The van der Waals surface area contributed by atoms with Gasteiger partial charge in [0.1, 0.15) is 0 Å². The predicted molar refractivity (Wildman–Crippen MR) is 91.2 cm³/mol. The molecule has 0 unspecified atom stereocenters. The lowest BCUT2D eigenvalue weighted by Gasteiger charge is -2.21. The number of rotatable bonds is 7. The molecule has 0 fully saturated rings. The van der Waals surface area contributed by atoms with Crippen LogP contribution in [0.5, 0.6) is 0 Å². The summed E-state index contributed by atoms with van der Waals surface area (Å²) in [7, 11) is -4.08. The smallest absolute Gasteiger partial charge is 0.289 e. The van der Waals surface area contributed by atoms with Gasteiger partial charge in [-0.3, -0.25) is 10.1 Å². The number of para-hydroxylation sites is 1. The van der Waals surface area contributed by atoms with Crippen molar-refractivity contribution in [2.75, 3.05) is 13.1 Å². The van der Waals surface area contributed by atoms with Crippen LogP contribution in [0.1, 0.15) is 5.56 Å². The molecular weight excluding hydrogens is 354 g/mol. The molecule has 0 heterocycles. The molecule has 0 aliphatic rings. The van der Waals surface area contributed by atoms with Gasteiger partial charge < -0.3 is 5.73 Å². The van der Waals surface area contributed by atoms with Gasteiger partial charge in [-0.1, -0.05) is 35.9 Å². The largest absolute Gasteiger partial charge is 0.329 e. The zero-order valence-corrected chi connectivity index (χ0v) is 14.2. The molecule has 2 N–H and O–H groups in total. The first-order chi connectivity index (χ1) is 11.4. The highest BCUT2D eigenvalue weighted by molar-refractivity contribution is 7.89. The number of hydrogen-bond donors (Lipinski definition) is 1. The maximum absolute atomic E-state index is 12.9. The van der Waals surface area contributed by atoms with Crippen molar-refractivity contribution in [2.45, 2.75) is 11.4 Å². The summed E-state index contributed by atoms with van der Waals surface area (Å²) >= 11 is 5.92. The molecule has 2 aromatic carbocycles. The molecule has 128 valence electrons. The molecule has 0 aliphatic carbocycles. The molecule has 0 aromatic heterocycles. The van der Waals surface area contributed by atoms with Crippen molar-refractivity contribution in [2.24, 2.45) is 5.73 Å². The zero-order valence-electron chi connectivity index (χ0n) is 12.6. The molecule has 0 radical (unpaired) electrons. The second kappa shape index (κ2) is 7.71. The van der Waals surface area contributed by atoms with E-state index in [-0.39, 0.29) is 24.5 Å². The van der Waals surface area contributed by atoms with Crippen molar-refractivity contribution in [3.05, 3.63) is 69.2 Å². The van der Waals surface area contributed by atoms with Crippen molar-refractivity contribution >= 4 is 27.3 Å². The summed E-state index contributed by atoms with van der Waals surface area (Å²) in [6, 6.07) is 12.0. The van der Waals surface area contributed by atoms with Crippen LogP contribution in [0.4, 0.5) is 5.69 Å². The van der Waals surface area contributed by atoms with Gasteiger partial charge in [0.2, 0.25) is 10.0 Å². The average molecular weight is 370 g/mol. The first kappa shape index (κ1) is 18.3. The summed E-state index contributed by atoms with van der Waals surface area (Å²) < 4.78 is 26.9. The highest BCUT2D eigenvalue weighted by Gasteiger charge is 2.31. The molecule has 0 saturated heterocycles. The number of nitrogens with two attached hydrogens (primary N) is 1. The third-order valence-corrected chi connectivity index (χ3v) is 5.43. The average Bonchev–Trinajstić information content (AvgIpc) is 2.54. The Morgan fingerprint density at radius 2 is 1.88 bits per heavy atom. The number of nitro groups is 1. The van der Waals surface area contributed by atoms with Crippen molar-refractivity contribution in [1.29, 1.82) is 0 Å². The van der Waals surface area contributed by atoms with E-state index in [0.29, 0.717) is 10.6 Å². The van der Waals surface area contributed by atoms with E-state index in [4.69, 9.17) is 17.3 Å². The van der Waals surface area contributed by atoms with Gasteiger partial charge >= 0.3 is 0 Å². The van der Waals surface area contributed by atoms with Gasteiger partial charge in [0.15, 0.2) is 4.90 Å². The number of benzene rings is 2. The maximum atomic E-state index is 12.9. The van der Waals surface area contributed by atoms with Crippen molar-refractivity contribution in [3.63, 3.8) is 0 Å². The maximum Gasteiger partial charge on any atom is 0.289 e. The molecule has 0 spiro atoms. The van der Waals surface area contributed by atoms with Gasteiger partial charge in [-0.25, -0.2) is 8.42 Å². The fourth-order valence-corrected chi connectivity index (χ4v) is 4.05. The molecule has 0 bridgehead atoms. The number of sulfonamides is 1. The van der Waals surface area contributed by atoms with Crippen LogP contribution in [-0.2, 0) is 16.6 Å². The van der Waals surface area contributed by atoms with Gasteiger partial charge in [-0.15, -0.1) is 0 Å². The lowest BCUT2D eigenvalue weighted by Crippen LogP contribution is -2.35. The first-order valence-electron chi connectivity index (χ1n) is 7.04. The van der Waals surface area contributed by atoms with E-state index in [1.54, 1.807) is 24.3 Å². The second-order valence-electron chi connectivity index (χ2n) is 4.98. The third-order valence-electron chi connectivity index (χ3n) is 3.31. The Morgan fingerprint density at radius 3 is 2.50 bits per heavy atom. The molecule has 0 atom stereocenters. The van der Waals surface area contributed by atoms with Crippen molar-refractivity contribution < 1.29 is 13.3 Å². The molecule has 2 rings (SSSR count). The SMILES string of the molecule is NCCN(Cc1cccc(Cl)c1)S(=O)(=O)c1ccccc1[N+](=O)[O-]. The van der Waals surface area contributed by atoms with E-state index in [1.807, 2.05) is 0 Å². The Bertz CT molecular complexity index is 842. The normalized spacial score (nSPS) is 11.6. The van der Waals surface area contributed by atoms with E-state index in [0.717, 1.165) is 10.4 Å². The zero-order chi connectivity index (χ0) is 17.7. The monoisotopic (exact) mass is 369 g/mol. The Morgan fingerprint density at radius 1 is 1.17 bits per heavy atom. The van der Waals surface area contributed by atoms with Gasteiger partial charge in [0, 0.05) is 30.7 Å². The molecule has 9 heteroatoms. The van der Waals surface area contributed by atoms with Gasteiger partial charge in [0.25, 0.3) is 5.69 Å².